The molecule has 5 heteroatoms. The summed E-state index contributed by atoms with van der Waals surface area (Å²) in [6, 6.07) is 3.91. The molecule has 0 N–H and O–H groups in total. The Balaban J connectivity index is 2.00. The van der Waals surface area contributed by atoms with Gasteiger partial charge in [-0.3, -0.25) is 4.90 Å². The molecular formula is C12H10F2N2S. The van der Waals surface area contributed by atoms with Crippen LogP contribution in [0.25, 0.3) is 10.6 Å². The normalized spacial score (nSPS) is 15.2. The Morgan fingerprint density at radius 2 is 2.06 bits per heavy atom. The van der Waals surface area contributed by atoms with Crippen LogP contribution in [0.15, 0.2) is 18.2 Å². The third-order valence-electron chi connectivity index (χ3n) is 2.78. The number of hydrogen-bond acceptors (Lipinski definition) is 3. The van der Waals surface area contributed by atoms with Crippen molar-refractivity contribution in [3.63, 3.8) is 0 Å². The third-order valence-corrected chi connectivity index (χ3v) is 3.91. The number of hydrogen-bond donors (Lipinski definition) is 0. The molecule has 0 atom stereocenters. The van der Waals surface area contributed by atoms with Crippen molar-refractivity contribution in [3.8, 4) is 10.6 Å². The summed E-state index contributed by atoms with van der Waals surface area (Å²) >= 11 is 1.55. The first kappa shape index (κ1) is 10.8. The van der Waals surface area contributed by atoms with E-state index in [0.29, 0.717) is 5.56 Å². The first-order valence-electron chi connectivity index (χ1n) is 5.26. The van der Waals surface area contributed by atoms with Crippen LogP contribution in [-0.4, -0.2) is 16.9 Å². The van der Waals surface area contributed by atoms with Gasteiger partial charge in [0.05, 0.1) is 5.69 Å². The van der Waals surface area contributed by atoms with E-state index in [1.165, 1.54) is 10.9 Å². The van der Waals surface area contributed by atoms with Crippen molar-refractivity contribution in [1.29, 1.82) is 0 Å². The van der Waals surface area contributed by atoms with Crippen molar-refractivity contribution >= 4 is 11.3 Å². The van der Waals surface area contributed by atoms with Crippen LogP contribution < -0.4 is 0 Å². The summed E-state index contributed by atoms with van der Waals surface area (Å²) in [4.78, 5) is 7.85. The van der Waals surface area contributed by atoms with Crippen LogP contribution in [0.5, 0.6) is 0 Å². The van der Waals surface area contributed by atoms with Crippen LogP contribution in [0, 0.1) is 11.6 Å². The van der Waals surface area contributed by atoms with Gasteiger partial charge in [0.2, 0.25) is 0 Å². The predicted octanol–water partition coefficient (Wildman–Crippen LogP) is 3.03. The van der Waals surface area contributed by atoms with Gasteiger partial charge in [-0.2, -0.15) is 0 Å². The summed E-state index contributed by atoms with van der Waals surface area (Å²) < 4.78 is 26.0. The fourth-order valence-corrected chi connectivity index (χ4v) is 3.09. The van der Waals surface area contributed by atoms with E-state index in [2.05, 4.69) is 9.88 Å². The average Bonchev–Trinajstić information content (AvgIpc) is 2.79. The molecule has 0 amide bonds. The highest BCUT2D eigenvalue weighted by Crippen LogP contribution is 2.33. The van der Waals surface area contributed by atoms with Gasteiger partial charge in [0.1, 0.15) is 5.01 Å². The Bertz CT molecular complexity index is 556. The Morgan fingerprint density at radius 3 is 2.76 bits per heavy atom. The number of halogens is 2. The van der Waals surface area contributed by atoms with Crippen molar-refractivity contribution in [1.82, 2.24) is 9.88 Å². The summed E-state index contributed by atoms with van der Waals surface area (Å²) in [6.45, 7) is 1.71. The van der Waals surface area contributed by atoms with E-state index in [1.54, 1.807) is 17.4 Å². The van der Waals surface area contributed by atoms with Crippen LogP contribution in [0.2, 0.25) is 0 Å². The molecule has 0 saturated heterocycles. The molecule has 0 spiro atoms. The summed E-state index contributed by atoms with van der Waals surface area (Å²) in [5, 5.41) is 0.766. The highest BCUT2D eigenvalue weighted by Gasteiger charge is 2.21. The van der Waals surface area contributed by atoms with E-state index in [-0.39, 0.29) is 0 Å². The van der Waals surface area contributed by atoms with Gasteiger partial charge in [0, 0.05) is 23.5 Å². The zero-order valence-electron chi connectivity index (χ0n) is 9.20. The molecule has 0 radical (unpaired) electrons. The minimum absolute atomic E-state index is 0.644. The zero-order chi connectivity index (χ0) is 12.0. The number of thiazole rings is 1. The highest BCUT2D eigenvalue weighted by atomic mass is 32.1. The average molecular weight is 252 g/mol. The lowest BCUT2D eigenvalue weighted by molar-refractivity contribution is 0.352. The van der Waals surface area contributed by atoms with Crippen molar-refractivity contribution in [3.05, 3.63) is 40.4 Å². The molecule has 0 fully saturated rings. The molecular weight excluding hydrogens is 242 g/mol. The highest BCUT2D eigenvalue weighted by molar-refractivity contribution is 7.15. The summed E-state index contributed by atoms with van der Waals surface area (Å²) in [6.07, 6.45) is 0. The van der Waals surface area contributed by atoms with E-state index in [9.17, 15) is 8.78 Å². The molecule has 1 aromatic heterocycles. The quantitative estimate of drug-likeness (QED) is 0.775. The molecule has 0 bridgehead atoms. The smallest absolute Gasteiger partial charge is 0.159 e. The number of nitrogens with zero attached hydrogens (tertiary/aromatic N) is 2. The van der Waals surface area contributed by atoms with E-state index < -0.39 is 11.6 Å². The number of benzene rings is 1. The Morgan fingerprint density at radius 1 is 1.24 bits per heavy atom. The molecule has 3 rings (SSSR count). The molecule has 17 heavy (non-hydrogen) atoms. The van der Waals surface area contributed by atoms with Crippen LogP contribution >= 0.6 is 11.3 Å². The monoisotopic (exact) mass is 252 g/mol. The maximum absolute atomic E-state index is 13.1. The standard InChI is InChI=1S/C12H10F2N2S/c1-16-5-10-11(6-16)17-12(15-10)7-2-3-8(13)9(14)4-7/h2-4H,5-6H2,1H3. The van der Waals surface area contributed by atoms with Gasteiger partial charge in [-0.25, -0.2) is 13.8 Å². The van der Waals surface area contributed by atoms with E-state index in [1.807, 2.05) is 7.05 Å². The maximum atomic E-state index is 13.1. The second-order valence-electron chi connectivity index (χ2n) is 4.19. The molecule has 0 saturated carbocycles. The van der Waals surface area contributed by atoms with Gasteiger partial charge in [-0.15, -0.1) is 11.3 Å². The van der Waals surface area contributed by atoms with E-state index in [0.717, 1.165) is 29.9 Å². The zero-order valence-corrected chi connectivity index (χ0v) is 10.0. The lowest BCUT2D eigenvalue weighted by Crippen LogP contribution is -2.08. The molecule has 2 aromatic rings. The van der Waals surface area contributed by atoms with Crippen molar-refractivity contribution in [2.45, 2.75) is 13.1 Å². The SMILES string of the molecule is CN1Cc2nc(-c3ccc(F)c(F)c3)sc2C1. The molecule has 1 aromatic carbocycles. The molecule has 1 aliphatic heterocycles. The fourth-order valence-electron chi connectivity index (χ4n) is 1.94. The Hall–Kier alpha value is -1.33. The van der Waals surface area contributed by atoms with Crippen LogP contribution in [-0.2, 0) is 13.1 Å². The Labute approximate surface area is 102 Å². The van der Waals surface area contributed by atoms with Gasteiger partial charge in [0.15, 0.2) is 11.6 Å². The third kappa shape index (κ3) is 1.85. The van der Waals surface area contributed by atoms with Gasteiger partial charge >= 0.3 is 0 Å². The van der Waals surface area contributed by atoms with Crippen LogP contribution in [0.4, 0.5) is 8.78 Å². The molecule has 0 aliphatic carbocycles. The van der Waals surface area contributed by atoms with Gasteiger partial charge in [-0.1, -0.05) is 0 Å². The maximum Gasteiger partial charge on any atom is 0.159 e. The van der Waals surface area contributed by atoms with E-state index in [4.69, 9.17) is 0 Å². The molecule has 2 heterocycles. The predicted molar refractivity (Wildman–Crippen MR) is 62.6 cm³/mol. The molecule has 2 nitrogen and oxygen atoms in total. The summed E-state index contributed by atoms with van der Waals surface area (Å²) in [5.74, 6) is -1.65. The van der Waals surface area contributed by atoms with Crippen LogP contribution in [0.1, 0.15) is 10.6 Å². The van der Waals surface area contributed by atoms with Gasteiger partial charge in [0.25, 0.3) is 0 Å². The molecule has 0 unspecified atom stereocenters. The van der Waals surface area contributed by atoms with Gasteiger partial charge in [-0.05, 0) is 25.2 Å². The summed E-state index contributed by atoms with van der Waals surface area (Å²) in [5.41, 5.74) is 1.70. The summed E-state index contributed by atoms with van der Waals surface area (Å²) in [7, 11) is 2.03. The number of aromatic nitrogens is 1. The number of rotatable bonds is 1. The topological polar surface area (TPSA) is 16.1 Å². The lowest BCUT2D eigenvalue weighted by Gasteiger charge is -2.04. The first-order valence-corrected chi connectivity index (χ1v) is 6.07. The lowest BCUT2D eigenvalue weighted by atomic mass is 10.2. The second-order valence-corrected chi connectivity index (χ2v) is 5.27. The van der Waals surface area contributed by atoms with Crippen molar-refractivity contribution < 1.29 is 8.78 Å². The largest absolute Gasteiger partial charge is 0.295 e. The molecule has 1 aliphatic rings. The minimum atomic E-state index is -0.824. The Kier molecular flexibility index (Phi) is 2.45. The first-order chi connectivity index (χ1) is 8.13. The second kappa shape index (κ2) is 3.85. The molecule has 88 valence electrons. The van der Waals surface area contributed by atoms with Crippen molar-refractivity contribution in [2.75, 3.05) is 7.05 Å². The van der Waals surface area contributed by atoms with E-state index >= 15 is 0 Å². The number of fused-ring (bicyclic) bond motifs is 1. The minimum Gasteiger partial charge on any atom is -0.295 e. The van der Waals surface area contributed by atoms with Crippen molar-refractivity contribution in [2.24, 2.45) is 0 Å². The fraction of sp³-hybridized carbons (Fsp3) is 0.250. The van der Waals surface area contributed by atoms with Gasteiger partial charge < -0.3 is 0 Å². The van der Waals surface area contributed by atoms with Crippen LogP contribution in [0.3, 0.4) is 0 Å².